The van der Waals surface area contributed by atoms with E-state index in [2.05, 4.69) is 26.2 Å². The van der Waals surface area contributed by atoms with Gasteiger partial charge < -0.3 is 16.2 Å². The van der Waals surface area contributed by atoms with Gasteiger partial charge in [0.05, 0.1) is 23.1 Å². The minimum Gasteiger partial charge on any atom is -0.478 e. The Kier molecular flexibility index (Phi) is 3.47. The predicted molar refractivity (Wildman–Crippen MR) is 73.0 cm³/mol. The molecule has 0 amide bonds. The fourth-order valence-corrected chi connectivity index (χ4v) is 1.80. The Balaban J connectivity index is 2.34. The lowest BCUT2D eigenvalue weighted by atomic mass is 10.1. The number of carboxylic acid groups (broad SMARTS) is 1. The number of aromatic nitrogens is 1. The maximum Gasteiger partial charge on any atom is 0.337 e. The van der Waals surface area contributed by atoms with E-state index in [4.69, 9.17) is 10.8 Å². The number of benzene rings is 1. The van der Waals surface area contributed by atoms with Gasteiger partial charge in [-0.15, -0.1) is 0 Å². The van der Waals surface area contributed by atoms with Gasteiger partial charge >= 0.3 is 5.97 Å². The molecular formula is C12H10BrN3O2. The highest BCUT2D eigenvalue weighted by atomic mass is 79.9. The molecule has 0 fully saturated rings. The van der Waals surface area contributed by atoms with Crippen molar-refractivity contribution >= 4 is 39.1 Å². The van der Waals surface area contributed by atoms with Gasteiger partial charge in [0.25, 0.3) is 0 Å². The number of nitrogens with zero attached hydrogens (tertiary/aromatic N) is 1. The number of nitrogens with one attached hydrogen (secondary N) is 1. The summed E-state index contributed by atoms with van der Waals surface area (Å²) in [6, 6.07) is 8.36. The van der Waals surface area contributed by atoms with Gasteiger partial charge in [-0.3, -0.25) is 0 Å². The molecule has 0 spiro atoms. The molecule has 0 aliphatic heterocycles. The van der Waals surface area contributed by atoms with E-state index in [1.165, 1.54) is 6.07 Å². The van der Waals surface area contributed by atoms with Crippen LogP contribution in [0.15, 0.2) is 41.0 Å². The molecule has 1 heterocycles. The van der Waals surface area contributed by atoms with E-state index in [1.54, 1.807) is 30.5 Å². The Hall–Kier alpha value is -2.08. The summed E-state index contributed by atoms with van der Waals surface area (Å²) in [5.74, 6) is -0.586. The zero-order valence-corrected chi connectivity index (χ0v) is 10.8. The molecule has 5 nitrogen and oxygen atoms in total. The number of nitrogens with two attached hydrogens (primary N) is 1. The second-order valence-electron chi connectivity index (χ2n) is 3.59. The summed E-state index contributed by atoms with van der Waals surface area (Å²) >= 11 is 3.24. The molecule has 0 bridgehead atoms. The van der Waals surface area contributed by atoms with Crippen molar-refractivity contribution < 1.29 is 9.90 Å². The Morgan fingerprint density at radius 3 is 2.72 bits per heavy atom. The monoisotopic (exact) mass is 307 g/mol. The molecular weight excluding hydrogens is 298 g/mol. The maximum absolute atomic E-state index is 11.1. The van der Waals surface area contributed by atoms with E-state index >= 15 is 0 Å². The van der Waals surface area contributed by atoms with Crippen molar-refractivity contribution in [2.24, 2.45) is 0 Å². The lowest BCUT2D eigenvalue weighted by Crippen LogP contribution is -2.03. The molecule has 0 radical (unpaired) electrons. The number of nitrogen functional groups attached to an aromatic ring is 1. The summed E-state index contributed by atoms with van der Waals surface area (Å²) in [7, 11) is 0. The van der Waals surface area contributed by atoms with Gasteiger partial charge in [0.15, 0.2) is 0 Å². The number of anilines is 3. The van der Waals surface area contributed by atoms with Gasteiger partial charge in [0.2, 0.25) is 0 Å². The van der Waals surface area contributed by atoms with Crippen LogP contribution in [0.3, 0.4) is 0 Å². The summed E-state index contributed by atoms with van der Waals surface area (Å²) < 4.78 is 0.709. The summed E-state index contributed by atoms with van der Waals surface area (Å²) in [5.41, 5.74) is 6.83. The molecule has 92 valence electrons. The van der Waals surface area contributed by atoms with E-state index in [-0.39, 0.29) is 5.56 Å². The van der Waals surface area contributed by atoms with Gasteiger partial charge in [-0.05, 0) is 30.3 Å². The van der Waals surface area contributed by atoms with Crippen LogP contribution >= 0.6 is 15.9 Å². The van der Waals surface area contributed by atoms with Crippen molar-refractivity contribution in [2.75, 3.05) is 11.1 Å². The van der Waals surface area contributed by atoms with Gasteiger partial charge in [-0.25, -0.2) is 9.78 Å². The normalized spacial score (nSPS) is 10.1. The summed E-state index contributed by atoms with van der Waals surface area (Å²) in [6.07, 6.45) is 1.54. The van der Waals surface area contributed by atoms with Crippen LogP contribution in [0.4, 0.5) is 17.2 Å². The minimum absolute atomic E-state index is 0.182. The van der Waals surface area contributed by atoms with Crippen LogP contribution < -0.4 is 11.1 Å². The van der Waals surface area contributed by atoms with E-state index in [1.807, 2.05) is 0 Å². The van der Waals surface area contributed by atoms with Crippen LogP contribution in [0.2, 0.25) is 0 Å². The third kappa shape index (κ3) is 2.78. The Morgan fingerprint density at radius 1 is 1.33 bits per heavy atom. The number of hydrogen-bond acceptors (Lipinski definition) is 4. The number of hydrogen-bond donors (Lipinski definition) is 3. The molecule has 4 N–H and O–H groups in total. The van der Waals surface area contributed by atoms with Crippen LogP contribution in [0.1, 0.15) is 10.4 Å². The lowest BCUT2D eigenvalue weighted by Gasteiger charge is -2.09. The smallest absolute Gasteiger partial charge is 0.337 e. The van der Waals surface area contributed by atoms with Gasteiger partial charge in [-0.2, -0.15) is 0 Å². The molecule has 18 heavy (non-hydrogen) atoms. The second kappa shape index (κ2) is 5.05. The van der Waals surface area contributed by atoms with Crippen molar-refractivity contribution in [1.29, 1.82) is 0 Å². The molecule has 6 heteroatoms. The number of rotatable bonds is 3. The maximum atomic E-state index is 11.1. The van der Waals surface area contributed by atoms with Crippen LogP contribution in [0, 0.1) is 0 Å². The second-order valence-corrected chi connectivity index (χ2v) is 4.51. The molecule has 2 rings (SSSR count). The first kappa shape index (κ1) is 12.4. The van der Waals surface area contributed by atoms with Gasteiger partial charge in [-0.1, -0.05) is 15.9 Å². The summed E-state index contributed by atoms with van der Waals surface area (Å²) in [4.78, 5) is 15.0. The average Bonchev–Trinajstić information content (AvgIpc) is 2.34. The molecule has 0 saturated heterocycles. The zero-order valence-electron chi connectivity index (χ0n) is 9.22. The molecule has 1 aromatic heterocycles. The van der Waals surface area contributed by atoms with Crippen molar-refractivity contribution in [3.05, 3.63) is 46.6 Å². The first-order chi connectivity index (χ1) is 8.56. The first-order valence-corrected chi connectivity index (χ1v) is 5.87. The number of pyridine rings is 1. The first-order valence-electron chi connectivity index (χ1n) is 5.07. The Bertz CT molecular complexity index is 584. The molecule has 0 aliphatic rings. The van der Waals surface area contributed by atoms with Crippen LogP contribution in [0.5, 0.6) is 0 Å². The predicted octanol–water partition coefficient (Wildman–Crippen LogP) is 2.87. The molecule has 0 aliphatic carbocycles. The highest BCUT2D eigenvalue weighted by Crippen LogP contribution is 2.24. The number of aromatic carboxylic acids is 1. The summed E-state index contributed by atoms with van der Waals surface area (Å²) in [6.45, 7) is 0. The van der Waals surface area contributed by atoms with Crippen molar-refractivity contribution in [2.45, 2.75) is 0 Å². The van der Waals surface area contributed by atoms with Crippen molar-refractivity contribution in [3.63, 3.8) is 0 Å². The summed E-state index contributed by atoms with van der Waals surface area (Å²) in [5, 5.41) is 12.1. The van der Waals surface area contributed by atoms with Gasteiger partial charge in [0.1, 0.15) is 5.82 Å². The van der Waals surface area contributed by atoms with E-state index in [0.29, 0.717) is 21.7 Å². The number of carbonyl (C=O) groups is 1. The quantitative estimate of drug-likeness (QED) is 0.811. The van der Waals surface area contributed by atoms with Crippen LogP contribution in [0.25, 0.3) is 0 Å². The topological polar surface area (TPSA) is 88.2 Å². The molecule has 0 unspecified atom stereocenters. The average molecular weight is 308 g/mol. The molecule has 2 aromatic rings. The fraction of sp³-hybridized carbons (Fsp3) is 0. The lowest BCUT2D eigenvalue weighted by molar-refractivity contribution is 0.0698. The highest BCUT2D eigenvalue weighted by molar-refractivity contribution is 9.10. The Morgan fingerprint density at radius 2 is 2.11 bits per heavy atom. The largest absolute Gasteiger partial charge is 0.478 e. The SMILES string of the molecule is Nc1ccc(Nc2ccc(Br)cc2C(=O)O)cn1. The number of halogens is 1. The van der Waals surface area contributed by atoms with E-state index < -0.39 is 5.97 Å². The molecule has 0 atom stereocenters. The third-order valence-electron chi connectivity index (χ3n) is 2.28. The number of carboxylic acids is 1. The molecule has 1 aromatic carbocycles. The van der Waals surface area contributed by atoms with Crippen molar-refractivity contribution in [1.82, 2.24) is 4.98 Å². The zero-order chi connectivity index (χ0) is 13.1. The van der Waals surface area contributed by atoms with E-state index in [0.717, 1.165) is 0 Å². The van der Waals surface area contributed by atoms with Crippen molar-refractivity contribution in [3.8, 4) is 0 Å². The Labute approximate surface area is 112 Å². The van der Waals surface area contributed by atoms with Gasteiger partial charge in [0, 0.05) is 4.47 Å². The third-order valence-corrected chi connectivity index (χ3v) is 2.77. The van der Waals surface area contributed by atoms with E-state index in [9.17, 15) is 4.79 Å². The fourth-order valence-electron chi connectivity index (χ4n) is 1.44. The highest BCUT2D eigenvalue weighted by Gasteiger charge is 2.10. The van der Waals surface area contributed by atoms with Crippen LogP contribution in [-0.4, -0.2) is 16.1 Å². The standard InChI is InChI=1S/C12H10BrN3O2/c13-7-1-3-10(9(5-7)12(17)18)16-8-2-4-11(14)15-6-8/h1-6,16H,(H2,14,15)(H,17,18). The minimum atomic E-state index is -0.998. The van der Waals surface area contributed by atoms with Crippen LogP contribution in [-0.2, 0) is 0 Å². The molecule has 0 saturated carbocycles.